The summed E-state index contributed by atoms with van der Waals surface area (Å²) >= 11 is 0. The van der Waals surface area contributed by atoms with E-state index in [1.54, 1.807) is 0 Å². The Kier molecular flexibility index (Phi) is 4.83. The van der Waals surface area contributed by atoms with E-state index in [-0.39, 0.29) is 17.5 Å². The van der Waals surface area contributed by atoms with Crippen molar-refractivity contribution in [2.24, 2.45) is 5.92 Å². The maximum Gasteiger partial charge on any atom is 0.169 e. The number of rotatable bonds is 4. The van der Waals surface area contributed by atoms with Crippen LogP contribution in [-0.2, 0) is 0 Å². The van der Waals surface area contributed by atoms with Crippen LogP contribution in [-0.4, -0.2) is 5.78 Å². The van der Waals surface area contributed by atoms with Gasteiger partial charge >= 0.3 is 0 Å². The van der Waals surface area contributed by atoms with Crippen LogP contribution >= 0.6 is 0 Å². The lowest BCUT2D eigenvalue weighted by Gasteiger charge is -2.05. The van der Waals surface area contributed by atoms with Crippen molar-refractivity contribution >= 4 is 5.78 Å². The van der Waals surface area contributed by atoms with Crippen LogP contribution in [0.2, 0.25) is 0 Å². The van der Waals surface area contributed by atoms with Crippen molar-refractivity contribution in [1.29, 1.82) is 0 Å². The molecule has 0 radical (unpaired) electrons. The molecule has 0 aromatic heterocycles. The molecule has 1 atom stereocenters. The van der Waals surface area contributed by atoms with Crippen molar-refractivity contribution in [2.75, 3.05) is 0 Å². The minimum atomic E-state index is -0.325. The van der Waals surface area contributed by atoms with E-state index >= 15 is 0 Å². The highest BCUT2D eigenvalue weighted by Gasteiger charge is 2.11. The number of benzene rings is 1. The predicted octanol–water partition coefficient (Wildman–Crippen LogP) is 4.17. The van der Waals surface area contributed by atoms with E-state index in [9.17, 15) is 9.18 Å². The zero-order chi connectivity index (χ0) is 12.8. The molecule has 1 nitrogen and oxygen atoms in total. The molecule has 1 aromatic carbocycles. The lowest BCUT2D eigenvalue weighted by Crippen LogP contribution is -2.08. The number of ketones is 1. The Morgan fingerprint density at radius 1 is 1.29 bits per heavy atom. The monoisotopic (exact) mass is 232 g/mol. The van der Waals surface area contributed by atoms with E-state index in [0.29, 0.717) is 5.56 Å². The standard InChI is InChI=1S/C15H17FO/c1-4-11(2)5-6-12(3)15(17)13-7-9-14(16)10-8-13/h4-10,12H,1-3H3/b6-5-,11-4-. The topological polar surface area (TPSA) is 17.1 Å². The van der Waals surface area contributed by atoms with E-state index < -0.39 is 0 Å². The first-order valence-electron chi connectivity index (χ1n) is 5.65. The second-order valence-electron chi connectivity index (χ2n) is 4.05. The molecule has 0 N–H and O–H groups in total. The number of carbonyl (C=O) groups excluding carboxylic acids is 1. The minimum Gasteiger partial charge on any atom is -0.294 e. The molecule has 0 aliphatic rings. The Balaban J connectivity index is 2.76. The van der Waals surface area contributed by atoms with Gasteiger partial charge < -0.3 is 0 Å². The molecule has 0 fully saturated rings. The van der Waals surface area contributed by atoms with Gasteiger partial charge in [-0.15, -0.1) is 0 Å². The first kappa shape index (κ1) is 13.4. The van der Waals surface area contributed by atoms with Gasteiger partial charge in [0.1, 0.15) is 5.82 Å². The highest BCUT2D eigenvalue weighted by atomic mass is 19.1. The van der Waals surface area contributed by atoms with Crippen molar-refractivity contribution in [3.63, 3.8) is 0 Å². The van der Waals surface area contributed by atoms with Gasteiger partial charge in [0, 0.05) is 11.5 Å². The van der Waals surface area contributed by atoms with Gasteiger partial charge in [0.05, 0.1) is 0 Å². The fourth-order valence-corrected chi connectivity index (χ4v) is 1.36. The van der Waals surface area contributed by atoms with Crippen LogP contribution in [0.4, 0.5) is 4.39 Å². The van der Waals surface area contributed by atoms with Gasteiger partial charge in [-0.2, -0.15) is 0 Å². The highest BCUT2D eigenvalue weighted by Crippen LogP contribution is 2.12. The van der Waals surface area contributed by atoms with Crippen molar-refractivity contribution in [1.82, 2.24) is 0 Å². The Morgan fingerprint density at radius 3 is 2.41 bits per heavy atom. The van der Waals surface area contributed by atoms with Gasteiger partial charge in [0.25, 0.3) is 0 Å². The molecule has 1 rings (SSSR count). The quantitative estimate of drug-likeness (QED) is 0.562. The molecule has 0 saturated carbocycles. The molecule has 2 heteroatoms. The van der Waals surface area contributed by atoms with Crippen LogP contribution in [0, 0.1) is 11.7 Å². The van der Waals surface area contributed by atoms with Crippen LogP contribution in [0.25, 0.3) is 0 Å². The molecule has 0 aliphatic carbocycles. The van der Waals surface area contributed by atoms with Gasteiger partial charge in [-0.05, 0) is 38.1 Å². The van der Waals surface area contributed by atoms with Crippen LogP contribution in [0.3, 0.4) is 0 Å². The van der Waals surface area contributed by atoms with E-state index in [1.165, 1.54) is 24.3 Å². The van der Waals surface area contributed by atoms with E-state index in [1.807, 2.05) is 39.0 Å². The molecule has 0 spiro atoms. The largest absolute Gasteiger partial charge is 0.294 e. The number of allylic oxidation sites excluding steroid dienone is 4. The maximum absolute atomic E-state index is 12.7. The van der Waals surface area contributed by atoms with Gasteiger partial charge in [-0.1, -0.05) is 30.7 Å². The smallest absolute Gasteiger partial charge is 0.169 e. The molecule has 0 amide bonds. The molecule has 1 unspecified atom stereocenters. The number of halogens is 1. The third-order valence-electron chi connectivity index (χ3n) is 2.65. The number of hydrogen-bond donors (Lipinski definition) is 0. The summed E-state index contributed by atoms with van der Waals surface area (Å²) in [4.78, 5) is 12.0. The molecule has 0 heterocycles. The highest BCUT2D eigenvalue weighted by molar-refractivity contribution is 5.98. The average molecular weight is 232 g/mol. The van der Waals surface area contributed by atoms with Gasteiger partial charge in [0.15, 0.2) is 5.78 Å². The molecular weight excluding hydrogens is 215 g/mol. The minimum absolute atomic E-state index is 0.00477. The molecule has 17 heavy (non-hydrogen) atoms. The van der Waals surface area contributed by atoms with E-state index in [4.69, 9.17) is 0 Å². The number of Topliss-reactive ketones (excluding diaryl/α,β-unsaturated/α-hetero) is 1. The summed E-state index contributed by atoms with van der Waals surface area (Å²) in [6.45, 7) is 5.77. The van der Waals surface area contributed by atoms with Gasteiger partial charge in [0.2, 0.25) is 0 Å². The fraction of sp³-hybridized carbons (Fsp3) is 0.267. The Morgan fingerprint density at radius 2 is 1.88 bits per heavy atom. The second kappa shape index (κ2) is 6.14. The Labute approximate surface area is 102 Å². The number of hydrogen-bond acceptors (Lipinski definition) is 1. The third-order valence-corrected chi connectivity index (χ3v) is 2.65. The molecule has 1 aromatic rings. The van der Waals surface area contributed by atoms with Crippen LogP contribution in [0.15, 0.2) is 48.1 Å². The summed E-state index contributed by atoms with van der Waals surface area (Å²) < 4.78 is 12.7. The summed E-state index contributed by atoms with van der Waals surface area (Å²) in [6.07, 6.45) is 5.76. The summed E-state index contributed by atoms with van der Waals surface area (Å²) in [5.74, 6) is -0.518. The summed E-state index contributed by atoms with van der Waals surface area (Å²) in [6, 6.07) is 5.65. The SMILES string of the molecule is C/C=C(C)\C=C/C(C)C(=O)c1ccc(F)cc1. The summed E-state index contributed by atoms with van der Waals surface area (Å²) in [5, 5.41) is 0. The van der Waals surface area contributed by atoms with E-state index in [0.717, 1.165) is 5.57 Å². The Bertz CT molecular complexity index is 440. The molecule has 0 saturated heterocycles. The third kappa shape index (κ3) is 3.99. The lowest BCUT2D eigenvalue weighted by molar-refractivity contribution is 0.0953. The molecule has 0 bridgehead atoms. The van der Waals surface area contributed by atoms with Crippen molar-refractivity contribution in [3.05, 3.63) is 59.4 Å². The predicted molar refractivity (Wildman–Crippen MR) is 68.5 cm³/mol. The van der Waals surface area contributed by atoms with E-state index in [2.05, 4.69) is 0 Å². The van der Waals surface area contributed by atoms with Crippen LogP contribution in [0.5, 0.6) is 0 Å². The van der Waals surface area contributed by atoms with Crippen molar-refractivity contribution in [3.8, 4) is 0 Å². The van der Waals surface area contributed by atoms with Crippen molar-refractivity contribution < 1.29 is 9.18 Å². The summed E-state index contributed by atoms with van der Waals surface area (Å²) in [5.41, 5.74) is 1.66. The Hall–Kier alpha value is -1.70. The normalized spacial score (nSPS) is 14.0. The lowest BCUT2D eigenvalue weighted by atomic mass is 9.98. The first-order valence-corrected chi connectivity index (χ1v) is 5.65. The zero-order valence-corrected chi connectivity index (χ0v) is 10.4. The summed E-state index contributed by atoms with van der Waals surface area (Å²) in [7, 11) is 0. The molecular formula is C15H17FO. The van der Waals surface area contributed by atoms with Gasteiger partial charge in [-0.3, -0.25) is 4.79 Å². The first-order chi connectivity index (χ1) is 8.04. The number of carbonyl (C=O) groups is 1. The van der Waals surface area contributed by atoms with Crippen molar-refractivity contribution in [2.45, 2.75) is 20.8 Å². The van der Waals surface area contributed by atoms with Crippen LogP contribution < -0.4 is 0 Å². The zero-order valence-electron chi connectivity index (χ0n) is 10.4. The molecule has 90 valence electrons. The van der Waals surface area contributed by atoms with Crippen LogP contribution in [0.1, 0.15) is 31.1 Å². The fourth-order valence-electron chi connectivity index (χ4n) is 1.36. The molecule has 0 aliphatic heterocycles. The maximum atomic E-state index is 12.7. The average Bonchev–Trinajstić information content (AvgIpc) is 2.35. The second-order valence-corrected chi connectivity index (χ2v) is 4.05. The van der Waals surface area contributed by atoms with Gasteiger partial charge in [-0.25, -0.2) is 4.39 Å².